The SMILES string of the molecule is CCc1ccc(C2NC(=O)N(CCC(=N)N)C2=O)cc1. The average molecular weight is 274 g/mol. The van der Waals surface area contributed by atoms with Crippen LogP contribution in [0.2, 0.25) is 0 Å². The van der Waals surface area contributed by atoms with Crippen LogP contribution in [0.4, 0.5) is 4.79 Å². The van der Waals surface area contributed by atoms with Crippen LogP contribution in [0, 0.1) is 5.41 Å². The highest BCUT2D eigenvalue weighted by Gasteiger charge is 2.38. The predicted molar refractivity (Wildman–Crippen MR) is 75.3 cm³/mol. The van der Waals surface area contributed by atoms with Gasteiger partial charge in [-0.3, -0.25) is 15.1 Å². The third-order valence-electron chi connectivity index (χ3n) is 3.35. The highest BCUT2D eigenvalue weighted by molar-refractivity contribution is 6.04. The first-order valence-electron chi connectivity index (χ1n) is 6.56. The summed E-state index contributed by atoms with van der Waals surface area (Å²) in [7, 11) is 0. The number of hydrogen-bond donors (Lipinski definition) is 3. The van der Waals surface area contributed by atoms with Gasteiger partial charge in [-0.05, 0) is 17.5 Å². The lowest BCUT2D eigenvalue weighted by Crippen LogP contribution is -2.33. The highest BCUT2D eigenvalue weighted by Crippen LogP contribution is 2.22. The number of urea groups is 1. The molecule has 1 aromatic rings. The van der Waals surface area contributed by atoms with E-state index in [9.17, 15) is 9.59 Å². The Morgan fingerprint density at radius 3 is 2.55 bits per heavy atom. The molecule has 1 aromatic carbocycles. The van der Waals surface area contributed by atoms with E-state index in [0.717, 1.165) is 16.9 Å². The van der Waals surface area contributed by atoms with Crippen LogP contribution in [0.25, 0.3) is 0 Å². The van der Waals surface area contributed by atoms with Gasteiger partial charge in [0.1, 0.15) is 6.04 Å². The first kappa shape index (κ1) is 14.0. The van der Waals surface area contributed by atoms with Gasteiger partial charge in [0.15, 0.2) is 0 Å². The van der Waals surface area contributed by atoms with Crippen molar-refractivity contribution in [3.63, 3.8) is 0 Å². The molecule has 1 fully saturated rings. The van der Waals surface area contributed by atoms with Gasteiger partial charge in [-0.2, -0.15) is 0 Å². The number of nitrogens with two attached hydrogens (primary N) is 1. The molecule has 0 aromatic heterocycles. The van der Waals surface area contributed by atoms with Crippen molar-refractivity contribution >= 4 is 17.8 Å². The molecule has 1 saturated heterocycles. The molecule has 0 bridgehead atoms. The Hall–Kier alpha value is -2.37. The number of imide groups is 1. The molecule has 1 unspecified atom stereocenters. The Kier molecular flexibility index (Phi) is 4.02. The molecule has 20 heavy (non-hydrogen) atoms. The van der Waals surface area contributed by atoms with Crippen LogP contribution in [-0.4, -0.2) is 29.2 Å². The largest absolute Gasteiger partial charge is 0.388 e. The van der Waals surface area contributed by atoms with E-state index in [4.69, 9.17) is 11.1 Å². The zero-order valence-corrected chi connectivity index (χ0v) is 11.3. The highest BCUT2D eigenvalue weighted by atomic mass is 16.2. The van der Waals surface area contributed by atoms with Crippen molar-refractivity contribution in [3.05, 3.63) is 35.4 Å². The summed E-state index contributed by atoms with van der Waals surface area (Å²) in [4.78, 5) is 25.1. The van der Waals surface area contributed by atoms with Gasteiger partial charge >= 0.3 is 6.03 Å². The summed E-state index contributed by atoms with van der Waals surface area (Å²) in [6.07, 6.45) is 1.12. The zero-order valence-electron chi connectivity index (χ0n) is 11.3. The molecule has 1 aliphatic rings. The molecule has 4 N–H and O–H groups in total. The summed E-state index contributed by atoms with van der Waals surface area (Å²) >= 11 is 0. The minimum Gasteiger partial charge on any atom is -0.388 e. The molecule has 3 amide bonds. The summed E-state index contributed by atoms with van der Waals surface area (Å²) in [6.45, 7) is 2.20. The van der Waals surface area contributed by atoms with Crippen molar-refractivity contribution in [3.8, 4) is 0 Å². The topological polar surface area (TPSA) is 99.3 Å². The second kappa shape index (κ2) is 5.73. The van der Waals surface area contributed by atoms with Crippen molar-refractivity contribution in [1.29, 1.82) is 5.41 Å². The molecule has 106 valence electrons. The van der Waals surface area contributed by atoms with Crippen molar-refractivity contribution in [2.45, 2.75) is 25.8 Å². The van der Waals surface area contributed by atoms with Gasteiger partial charge in [-0.25, -0.2) is 4.79 Å². The quantitative estimate of drug-likeness (QED) is 0.427. The second-order valence-electron chi connectivity index (χ2n) is 4.74. The Balaban J connectivity index is 2.12. The summed E-state index contributed by atoms with van der Waals surface area (Å²) < 4.78 is 0. The van der Waals surface area contributed by atoms with E-state index < -0.39 is 12.1 Å². The molecule has 1 aliphatic heterocycles. The van der Waals surface area contributed by atoms with Crippen LogP contribution in [0.5, 0.6) is 0 Å². The van der Waals surface area contributed by atoms with Crippen LogP contribution in [-0.2, 0) is 11.2 Å². The van der Waals surface area contributed by atoms with Crippen molar-refractivity contribution < 1.29 is 9.59 Å². The lowest BCUT2D eigenvalue weighted by atomic mass is 10.0. The fourth-order valence-corrected chi connectivity index (χ4v) is 2.13. The van der Waals surface area contributed by atoms with E-state index in [2.05, 4.69) is 12.2 Å². The number of carbonyl (C=O) groups excluding carboxylic acids is 2. The Labute approximate surface area is 117 Å². The number of hydrogen-bond acceptors (Lipinski definition) is 3. The molecule has 0 spiro atoms. The molecular formula is C14H18N4O2. The molecule has 1 heterocycles. The zero-order chi connectivity index (χ0) is 14.7. The van der Waals surface area contributed by atoms with Crippen LogP contribution in [0.1, 0.15) is 30.5 Å². The van der Waals surface area contributed by atoms with Crippen LogP contribution in [0.3, 0.4) is 0 Å². The fourth-order valence-electron chi connectivity index (χ4n) is 2.13. The van der Waals surface area contributed by atoms with Crippen molar-refractivity contribution in [2.75, 3.05) is 6.54 Å². The Bertz CT molecular complexity index is 539. The van der Waals surface area contributed by atoms with Gasteiger partial charge in [0.05, 0.1) is 5.84 Å². The Morgan fingerprint density at radius 2 is 2.00 bits per heavy atom. The number of nitrogens with zero attached hydrogens (tertiary/aromatic N) is 1. The number of amidine groups is 1. The number of rotatable bonds is 5. The molecule has 0 radical (unpaired) electrons. The van der Waals surface area contributed by atoms with E-state index in [1.54, 1.807) is 0 Å². The van der Waals surface area contributed by atoms with Gasteiger partial charge in [-0.1, -0.05) is 31.2 Å². The first-order valence-corrected chi connectivity index (χ1v) is 6.56. The van der Waals surface area contributed by atoms with Crippen molar-refractivity contribution in [2.24, 2.45) is 5.73 Å². The minimum absolute atomic E-state index is 0.0404. The van der Waals surface area contributed by atoms with Gasteiger partial charge < -0.3 is 11.1 Å². The van der Waals surface area contributed by atoms with Crippen LogP contribution < -0.4 is 11.1 Å². The molecule has 0 saturated carbocycles. The van der Waals surface area contributed by atoms with Crippen LogP contribution >= 0.6 is 0 Å². The number of nitrogens with one attached hydrogen (secondary N) is 2. The number of carbonyl (C=O) groups is 2. The van der Waals surface area contributed by atoms with E-state index in [-0.39, 0.29) is 24.7 Å². The third-order valence-corrected chi connectivity index (χ3v) is 3.35. The minimum atomic E-state index is -0.639. The average Bonchev–Trinajstić information content (AvgIpc) is 2.72. The molecule has 6 nitrogen and oxygen atoms in total. The third kappa shape index (κ3) is 2.79. The van der Waals surface area contributed by atoms with Gasteiger partial charge in [-0.15, -0.1) is 0 Å². The van der Waals surface area contributed by atoms with E-state index in [1.165, 1.54) is 5.56 Å². The lowest BCUT2D eigenvalue weighted by molar-refractivity contribution is -0.127. The first-order chi connectivity index (χ1) is 9.52. The Morgan fingerprint density at radius 1 is 1.35 bits per heavy atom. The molecule has 0 aliphatic carbocycles. The predicted octanol–water partition coefficient (Wildman–Crippen LogP) is 1.17. The maximum atomic E-state index is 12.2. The van der Waals surface area contributed by atoms with E-state index in [0.29, 0.717) is 0 Å². The van der Waals surface area contributed by atoms with Gasteiger partial charge in [0.2, 0.25) is 0 Å². The molecule has 6 heteroatoms. The van der Waals surface area contributed by atoms with Crippen molar-refractivity contribution in [1.82, 2.24) is 10.2 Å². The molecule has 2 rings (SSSR count). The maximum Gasteiger partial charge on any atom is 0.325 e. The summed E-state index contributed by atoms with van der Waals surface area (Å²) in [5, 5.41) is 9.81. The summed E-state index contributed by atoms with van der Waals surface area (Å²) in [5.74, 6) is -0.332. The summed E-state index contributed by atoms with van der Waals surface area (Å²) in [6, 6.07) is 6.55. The monoisotopic (exact) mass is 274 g/mol. The van der Waals surface area contributed by atoms with Crippen LogP contribution in [0.15, 0.2) is 24.3 Å². The smallest absolute Gasteiger partial charge is 0.325 e. The summed E-state index contributed by atoms with van der Waals surface area (Å²) in [5.41, 5.74) is 7.20. The lowest BCUT2D eigenvalue weighted by Gasteiger charge is -2.12. The molecule has 1 atom stereocenters. The van der Waals surface area contributed by atoms with E-state index in [1.807, 2.05) is 24.3 Å². The second-order valence-corrected chi connectivity index (χ2v) is 4.74. The van der Waals surface area contributed by atoms with Gasteiger partial charge in [0.25, 0.3) is 5.91 Å². The number of amides is 3. The fraction of sp³-hybridized carbons (Fsp3) is 0.357. The van der Waals surface area contributed by atoms with E-state index >= 15 is 0 Å². The normalized spacial score (nSPS) is 18.2. The maximum absolute atomic E-state index is 12.2. The molecular weight excluding hydrogens is 256 g/mol. The number of aryl methyl sites for hydroxylation is 1. The standard InChI is InChI=1S/C14H18N4O2/c1-2-9-3-5-10(6-4-9)12-13(19)18(14(20)17-12)8-7-11(15)16/h3-6,12H,2,7-8H2,1H3,(H3,15,16)(H,17,20). The number of benzene rings is 1. The van der Waals surface area contributed by atoms with Gasteiger partial charge in [0, 0.05) is 13.0 Å².